The Balaban J connectivity index is 1.80. The lowest BCUT2D eigenvalue weighted by molar-refractivity contribution is -0.140. The number of carbonyl (C=O) groups excluding carboxylic acids is 2. The van der Waals surface area contributed by atoms with E-state index in [-0.39, 0.29) is 24.9 Å². The van der Waals surface area contributed by atoms with Crippen molar-refractivity contribution in [2.24, 2.45) is 0 Å². The first-order valence-electron chi connectivity index (χ1n) is 15.2. The quantitative estimate of drug-likeness (QED) is 0.244. The Kier molecular flexibility index (Phi) is 11.9. The molecule has 4 rings (SSSR count). The number of amides is 2. The number of rotatable bonds is 12. The Morgan fingerprint density at radius 3 is 2.27 bits per heavy atom. The van der Waals surface area contributed by atoms with Crippen LogP contribution in [0.5, 0.6) is 0 Å². The van der Waals surface area contributed by atoms with Crippen LogP contribution in [0.2, 0.25) is 10.0 Å². The first kappa shape index (κ1) is 34.8. The van der Waals surface area contributed by atoms with Crippen LogP contribution < -0.4 is 9.62 Å². The molecule has 45 heavy (non-hydrogen) atoms. The Bertz CT molecular complexity index is 1590. The second-order valence-electron chi connectivity index (χ2n) is 11.9. The highest BCUT2D eigenvalue weighted by molar-refractivity contribution is 7.90. The Labute approximate surface area is 277 Å². The highest BCUT2D eigenvalue weighted by Crippen LogP contribution is 2.28. The molecule has 242 valence electrons. The van der Waals surface area contributed by atoms with E-state index in [1.165, 1.54) is 19.0 Å². The van der Waals surface area contributed by atoms with Crippen LogP contribution in [0.1, 0.15) is 54.4 Å². The number of benzene rings is 3. The maximum atomic E-state index is 14.6. The van der Waals surface area contributed by atoms with E-state index in [1.54, 1.807) is 31.2 Å². The number of halogens is 2. The fourth-order valence-corrected chi connectivity index (χ4v) is 7.20. The summed E-state index contributed by atoms with van der Waals surface area (Å²) in [5, 5.41) is 3.99. The summed E-state index contributed by atoms with van der Waals surface area (Å²) in [7, 11) is -1.24. The van der Waals surface area contributed by atoms with Gasteiger partial charge >= 0.3 is 10.2 Å². The van der Waals surface area contributed by atoms with Gasteiger partial charge in [-0.25, -0.2) is 4.31 Å². The van der Waals surface area contributed by atoms with Crippen molar-refractivity contribution in [2.75, 3.05) is 24.9 Å². The molecule has 0 saturated heterocycles. The summed E-state index contributed by atoms with van der Waals surface area (Å²) >= 11 is 12.8. The highest BCUT2D eigenvalue weighted by Gasteiger charge is 2.36. The van der Waals surface area contributed by atoms with Gasteiger partial charge in [-0.05, 0) is 67.1 Å². The zero-order valence-corrected chi connectivity index (χ0v) is 28.6. The fourth-order valence-electron chi connectivity index (χ4n) is 5.62. The summed E-state index contributed by atoms with van der Waals surface area (Å²) < 4.78 is 29.7. The minimum atomic E-state index is -4.10. The van der Waals surface area contributed by atoms with Crippen molar-refractivity contribution in [1.82, 2.24) is 14.5 Å². The Morgan fingerprint density at radius 1 is 0.933 bits per heavy atom. The molecule has 1 fully saturated rings. The van der Waals surface area contributed by atoms with Crippen molar-refractivity contribution >= 4 is 50.9 Å². The molecule has 2 amide bonds. The predicted octanol–water partition coefficient (Wildman–Crippen LogP) is 6.31. The lowest BCUT2D eigenvalue weighted by atomic mass is 9.94. The van der Waals surface area contributed by atoms with Crippen LogP contribution in [0, 0.1) is 13.8 Å². The second kappa shape index (κ2) is 15.5. The molecule has 0 spiro atoms. The van der Waals surface area contributed by atoms with Gasteiger partial charge in [0.2, 0.25) is 11.8 Å². The standard InChI is InChI=1S/C34H42Cl2N4O4S/c1-24-15-16-25(2)31(19-24)40(45(43,44)38(3)4)23-33(41)39(22-27-17-18-28(35)21-30(27)36)32(20-26-11-7-5-8-12-26)34(42)37-29-13-9-6-10-14-29/h5,7-8,11-12,15-19,21,29,32H,6,9-10,13-14,20,22-23H2,1-4H3,(H,37,42)/t32-/m0/s1. The molecule has 3 aromatic carbocycles. The molecule has 1 aliphatic carbocycles. The molecule has 11 heteroatoms. The minimum absolute atomic E-state index is 0.0150. The third-order valence-electron chi connectivity index (χ3n) is 8.23. The second-order valence-corrected chi connectivity index (χ2v) is 14.8. The Hall–Kier alpha value is -3.11. The number of hydrogen-bond donors (Lipinski definition) is 1. The molecule has 1 saturated carbocycles. The van der Waals surface area contributed by atoms with Crippen molar-refractivity contribution in [1.29, 1.82) is 0 Å². The van der Waals surface area contributed by atoms with E-state index >= 15 is 0 Å². The van der Waals surface area contributed by atoms with Gasteiger partial charge in [-0.2, -0.15) is 12.7 Å². The fraction of sp³-hybridized carbons (Fsp3) is 0.412. The molecule has 1 atom stereocenters. The highest BCUT2D eigenvalue weighted by atomic mass is 35.5. The van der Waals surface area contributed by atoms with Gasteiger partial charge in [0, 0.05) is 43.1 Å². The normalized spacial score (nSPS) is 14.6. The average molecular weight is 674 g/mol. The van der Waals surface area contributed by atoms with E-state index in [2.05, 4.69) is 5.32 Å². The van der Waals surface area contributed by atoms with Crippen molar-refractivity contribution in [2.45, 2.75) is 71.0 Å². The summed E-state index contributed by atoms with van der Waals surface area (Å²) in [5.74, 6) is -0.815. The molecular weight excluding hydrogens is 631 g/mol. The monoisotopic (exact) mass is 672 g/mol. The number of hydrogen-bond acceptors (Lipinski definition) is 4. The number of nitrogens with zero attached hydrogens (tertiary/aromatic N) is 3. The van der Waals surface area contributed by atoms with E-state index in [0.29, 0.717) is 26.9 Å². The van der Waals surface area contributed by atoms with Gasteiger partial charge in [0.05, 0.1) is 5.69 Å². The molecule has 0 radical (unpaired) electrons. The van der Waals surface area contributed by atoms with Gasteiger partial charge in [0.1, 0.15) is 12.6 Å². The molecule has 0 unspecified atom stereocenters. The first-order chi connectivity index (χ1) is 21.4. The third-order valence-corrected chi connectivity index (χ3v) is 10.6. The van der Waals surface area contributed by atoms with E-state index in [1.807, 2.05) is 49.4 Å². The van der Waals surface area contributed by atoms with Gasteiger partial charge < -0.3 is 10.2 Å². The van der Waals surface area contributed by atoms with Crippen LogP contribution in [0.3, 0.4) is 0 Å². The lowest BCUT2D eigenvalue weighted by Gasteiger charge is -2.36. The van der Waals surface area contributed by atoms with Crippen LogP contribution in [-0.4, -0.2) is 62.2 Å². The third kappa shape index (κ3) is 9.00. The van der Waals surface area contributed by atoms with Gasteiger partial charge in [0.15, 0.2) is 0 Å². The molecule has 8 nitrogen and oxygen atoms in total. The van der Waals surface area contributed by atoms with Crippen LogP contribution in [0.4, 0.5) is 5.69 Å². The van der Waals surface area contributed by atoms with Crippen LogP contribution in [-0.2, 0) is 32.8 Å². The van der Waals surface area contributed by atoms with Crippen LogP contribution in [0.25, 0.3) is 0 Å². The Morgan fingerprint density at radius 2 is 1.62 bits per heavy atom. The van der Waals surface area contributed by atoms with E-state index in [0.717, 1.165) is 51.8 Å². The number of carbonyl (C=O) groups is 2. The smallest absolute Gasteiger partial charge is 0.304 e. The summed E-state index contributed by atoms with van der Waals surface area (Å²) in [5.41, 5.74) is 3.40. The predicted molar refractivity (Wildman–Crippen MR) is 182 cm³/mol. The summed E-state index contributed by atoms with van der Waals surface area (Å²) in [6, 6.07) is 19.0. The topological polar surface area (TPSA) is 90.0 Å². The maximum Gasteiger partial charge on any atom is 0.304 e. The van der Waals surface area contributed by atoms with Crippen LogP contribution in [0.15, 0.2) is 66.7 Å². The molecule has 0 bridgehead atoms. The molecule has 1 N–H and O–H groups in total. The molecule has 0 aliphatic heterocycles. The van der Waals surface area contributed by atoms with Gasteiger partial charge in [0.25, 0.3) is 0 Å². The maximum absolute atomic E-state index is 14.6. The van der Waals surface area contributed by atoms with Crippen molar-refractivity contribution < 1.29 is 18.0 Å². The zero-order valence-electron chi connectivity index (χ0n) is 26.3. The molecular formula is C34H42Cl2N4O4S. The van der Waals surface area contributed by atoms with Crippen molar-refractivity contribution in [3.63, 3.8) is 0 Å². The van der Waals surface area contributed by atoms with Crippen molar-refractivity contribution in [3.8, 4) is 0 Å². The number of aryl methyl sites for hydroxylation is 2. The zero-order chi connectivity index (χ0) is 32.7. The number of nitrogens with one attached hydrogen (secondary N) is 1. The molecule has 0 heterocycles. The SMILES string of the molecule is Cc1ccc(C)c(N(CC(=O)N(Cc2ccc(Cl)cc2Cl)[C@@H](Cc2ccccc2)C(=O)NC2CCCCC2)S(=O)(=O)N(C)C)c1. The van der Waals surface area contributed by atoms with E-state index in [9.17, 15) is 18.0 Å². The van der Waals surface area contributed by atoms with E-state index < -0.39 is 28.7 Å². The number of anilines is 1. The van der Waals surface area contributed by atoms with E-state index in [4.69, 9.17) is 23.2 Å². The molecule has 3 aromatic rings. The largest absolute Gasteiger partial charge is 0.352 e. The summed E-state index contributed by atoms with van der Waals surface area (Å²) in [4.78, 5) is 30.2. The van der Waals surface area contributed by atoms with Gasteiger partial charge in [-0.15, -0.1) is 0 Å². The first-order valence-corrected chi connectivity index (χ1v) is 17.4. The van der Waals surface area contributed by atoms with Crippen molar-refractivity contribution in [3.05, 3.63) is 99.0 Å². The summed E-state index contributed by atoms with van der Waals surface area (Å²) in [6.07, 6.45) is 5.19. The summed E-state index contributed by atoms with van der Waals surface area (Å²) in [6.45, 7) is 3.13. The minimum Gasteiger partial charge on any atom is -0.352 e. The van der Waals surface area contributed by atoms with Gasteiger partial charge in [-0.1, -0.05) is 91.0 Å². The van der Waals surface area contributed by atoms with Crippen LogP contribution >= 0.6 is 23.2 Å². The molecule has 0 aromatic heterocycles. The lowest BCUT2D eigenvalue weighted by Crippen LogP contribution is -2.55. The average Bonchev–Trinajstić information content (AvgIpc) is 3.00. The van der Waals surface area contributed by atoms with Gasteiger partial charge in [-0.3, -0.25) is 9.59 Å². The molecule has 1 aliphatic rings.